The highest BCUT2D eigenvalue weighted by atomic mass is 32.3. The molecule has 0 saturated heterocycles. The average Bonchev–Trinajstić information content (AvgIpc) is 2.16. The second-order valence-corrected chi connectivity index (χ2v) is 4.63. The monoisotopic (exact) mass is 205 g/mol. The summed E-state index contributed by atoms with van der Waals surface area (Å²) in [5, 5.41) is 1.78. The van der Waals surface area contributed by atoms with Crippen molar-refractivity contribution in [2.24, 2.45) is 4.99 Å². The molecule has 0 aromatic rings. The number of hydrogen-bond acceptors (Lipinski definition) is 4. The molecule has 0 amide bonds. The maximum absolute atomic E-state index is 9.61. The van der Waals surface area contributed by atoms with Gasteiger partial charge in [0.05, 0.1) is 13.2 Å². The number of nitrogens with zero attached hydrogens (tertiary/aromatic N) is 1. The van der Waals surface area contributed by atoms with Gasteiger partial charge in [-0.15, -0.1) is 10.6 Å². The molecule has 0 spiro atoms. The molecule has 1 heterocycles. The van der Waals surface area contributed by atoms with E-state index in [9.17, 15) is 9.11 Å². The van der Waals surface area contributed by atoms with E-state index in [1.54, 1.807) is 6.08 Å². The van der Waals surface area contributed by atoms with E-state index in [1.807, 2.05) is 6.92 Å². The smallest absolute Gasteiger partial charge is 0.149 e. The summed E-state index contributed by atoms with van der Waals surface area (Å²) < 4.78 is 24.3. The Morgan fingerprint density at radius 1 is 1.62 bits per heavy atom. The Hall–Kier alpha value is -0.360. The van der Waals surface area contributed by atoms with Gasteiger partial charge < -0.3 is 4.74 Å². The summed E-state index contributed by atoms with van der Waals surface area (Å²) in [4.78, 5) is 4.03. The van der Waals surface area contributed by atoms with Crippen LogP contribution in [0.3, 0.4) is 0 Å². The summed E-state index contributed by atoms with van der Waals surface area (Å²) >= 11 is 0. The fraction of sp³-hybridized carbons (Fsp3) is 0.625. The van der Waals surface area contributed by atoms with Crippen LogP contribution in [0.15, 0.2) is 16.5 Å². The molecule has 2 N–H and O–H groups in total. The van der Waals surface area contributed by atoms with Gasteiger partial charge in [0.2, 0.25) is 0 Å². The van der Waals surface area contributed by atoms with Crippen LogP contribution in [0.2, 0.25) is 0 Å². The zero-order valence-corrected chi connectivity index (χ0v) is 8.46. The van der Waals surface area contributed by atoms with Crippen molar-refractivity contribution < 1.29 is 13.8 Å². The largest absolute Gasteiger partial charge is 0.372 e. The molecule has 76 valence electrons. The van der Waals surface area contributed by atoms with Gasteiger partial charge in [-0.2, -0.15) is 0 Å². The molecule has 1 aliphatic heterocycles. The van der Waals surface area contributed by atoms with Gasteiger partial charge >= 0.3 is 0 Å². The van der Waals surface area contributed by atoms with Crippen molar-refractivity contribution in [1.82, 2.24) is 0 Å². The lowest BCUT2D eigenvalue weighted by molar-refractivity contribution is 0.172. The zero-order chi connectivity index (χ0) is 9.73. The third kappa shape index (κ3) is 3.11. The predicted molar refractivity (Wildman–Crippen MR) is 55.4 cm³/mol. The van der Waals surface area contributed by atoms with E-state index in [4.69, 9.17) is 4.74 Å². The molecule has 1 aliphatic rings. The summed E-state index contributed by atoms with van der Waals surface area (Å²) in [5.41, 5.74) is 0. The summed E-state index contributed by atoms with van der Waals surface area (Å²) in [7, 11) is -2.80. The highest BCUT2D eigenvalue weighted by Gasteiger charge is 2.19. The van der Waals surface area contributed by atoms with Crippen LogP contribution in [0.25, 0.3) is 0 Å². The number of aliphatic imine (C=N–C) groups is 1. The molecule has 0 aromatic heterocycles. The molecule has 0 aliphatic carbocycles. The first kappa shape index (κ1) is 10.7. The second-order valence-electron chi connectivity index (χ2n) is 2.70. The molecule has 0 fully saturated rings. The molecule has 0 atom stereocenters. The number of hydrogen-bond donors (Lipinski definition) is 2. The molecular weight excluding hydrogens is 190 g/mol. The Morgan fingerprint density at radius 2 is 2.38 bits per heavy atom. The van der Waals surface area contributed by atoms with Crippen LogP contribution in [0, 0.1) is 0 Å². The molecule has 0 unspecified atom stereocenters. The summed E-state index contributed by atoms with van der Waals surface area (Å²) in [6.07, 6.45) is 2.51. The molecule has 4 nitrogen and oxygen atoms in total. The SMILES string of the molecule is CCC=CS(O)(O)C1=NCCOC1. The minimum absolute atomic E-state index is 0.233. The van der Waals surface area contributed by atoms with Crippen molar-refractivity contribution in [3.05, 3.63) is 11.5 Å². The van der Waals surface area contributed by atoms with Gasteiger partial charge in [0.15, 0.2) is 0 Å². The van der Waals surface area contributed by atoms with Gasteiger partial charge in [0.25, 0.3) is 0 Å². The van der Waals surface area contributed by atoms with E-state index in [0.29, 0.717) is 18.2 Å². The van der Waals surface area contributed by atoms with Crippen LogP contribution in [-0.2, 0) is 4.74 Å². The van der Waals surface area contributed by atoms with Crippen LogP contribution in [0.5, 0.6) is 0 Å². The molecule has 1 rings (SSSR count). The standard InChI is InChI=1S/C8H15NO3S/c1-2-3-6-13(10,11)8-7-12-5-4-9-8/h3,6,10-11H,2,4-5,7H2,1H3. The van der Waals surface area contributed by atoms with Crippen molar-refractivity contribution in [2.45, 2.75) is 13.3 Å². The maximum Gasteiger partial charge on any atom is 0.149 e. The Bertz CT molecular complexity index is 225. The highest BCUT2D eigenvalue weighted by molar-refractivity contribution is 8.39. The zero-order valence-electron chi connectivity index (χ0n) is 7.64. The van der Waals surface area contributed by atoms with E-state index in [2.05, 4.69) is 4.99 Å². The Kier molecular flexibility index (Phi) is 3.92. The van der Waals surface area contributed by atoms with E-state index < -0.39 is 10.6 Å². The van der Waals surface area contributed by atoms with Crippen molar-refractivity contribution in [1.29, 1.82) is 0 Å². The van der Waals surface area contributed by atoms with E-state index in [-0.39, 0.29) is 6.61 Å². The first-order valence-corrected chi connectivity index (χ1v) is 5.83. The Morgan fingerprint density at radius 3 is 2.92 bits per heavy atom. The van der Waals surface area contributed by atoms with Crippen LogP contribution < -0.4 is 0 Å². The van der Waals surface area contributed by atoms with Crippen LogP contribution in [0.1, 0.15) is 13.3 Å². The summed E-state index contributed by atoms with van der Waals surface area (Å²) in [5.74, 6) is 0. The summed E-state index contributed by atoms with van der Waals surface area (Å²) in [6, 6.07) is 0. The lowest BCUT2D eigenvalue weighted by Gasteiger charge is -2.31. The lowest BCUT2D eigenvalue weighted by atomic mass is 10.5. The average molecular weight is 205 g/mol. The summed E-state index contributed by atoms with van der Waals surface area (Å²) in [6.45, 7) is 3.25. The van der Waals surface area contributed by atoms with Gasteiger partial charge in [0, 0.05) is 5.41 Å². The van der Waals surface area contributed by atoms with Crippen molar-refractivity contribution in [3.63, 3.8) is 0 Å². The highest BCUT2D eigenvalue weighted by Crippen LogP contribution is 2.42. The fourth-order valence-corrected chi connectivity index (χ4v) is 2.09. The van der Waals surface area contributed by atoms with E-state index in [1.165, 1.54) is 5.41 Å². The second kappa shape index (κ2) is 4.76. The van der Waals surface area contributed by atoms with Gasteiger partial charge in [-0.3, -0.25) is 14.1 Å². The Labute approximate surface area is 79.7 Å². The third-order valence-corrected chi connectivity index (χ3v) is 3.13. The van der Waals surface area contributed by atoms with Crippen LogP contribution in [-0.4, -0.2) is 33.9 Å². The minimum Gasteiger partial charge on any atom is -0.372 e. The molecular formula is C8H15NO3S. The van der Waals surface area contributed by atoms with Crippen molar-refractivity contribution in [2.75, 3.05) is 19.8 Å². The first-order chi connectivity index (χ1) is 6.17. The molecule has 13 heavy (non-hydrogen) atoms. The number of allylic oxidation sites excluding steroid dienone is 1. The molecule has 5 heteroatoms. The Balaban J connectivity index is 2.66. The first-order valence-electron chi connectivity index (χ1n) is 4.22. The molecule has 0 saturated carbocycles. The van der Waals surface area contributed by atoms with Gasteiger partial charge in [0.1, 0.15) is 11.7 Å². The van der Waals surface area contributed by atoms with Crippen LogP contribution >= 0.6 is 10.6 Å². The number of ether oxygens (including phenoxy) is 1. The fourth-order valence-electron chi connectivity index (χ4n) is 0.931. The predicted octanol–water partition coefficient (Wildman–Crippen LogP) is 2.09. The minimum atomic E-state index is -2.80. The van der Waals surface area contributed by atoms with Crippen molar-refractivity contribution >= 4 is 15.6 Å². The van der Waals surface area contributed by atoms with Gasteiger partial charge in [-0.1, -0.05) is 13.0 Å². The van der Waals surface area contributed by atoms with E-state index in [0.717, 1.165) is 6.42 Å². The van der Waals surface area contributed by atoms with Crippen molar-refractivity contribution in [3.8, 4) is 0 Å². The van der Waals surface area contributed by atoms with Crippen LogP contribution in [0.4, 0.5) is 0 Å². The van der Waals surface area contributed by atoms with Gasteiger partial charge in [-0.05, 0) is 6.42 Å². The van der Waals surface area contributed by atoms with Gasteiger partial charge in [-0.25, -0.2) is 0 Å². The third-order valence-electron chi connectivity index (χ3n) is 1.62. The molecule has 0 bridgehead atoms. The maximum atomic E-state index is 9.61. The topological polar surface area (TPSA) is 62.0 Å². The quantitative estimate of drug-likeness (QED) is 0.725. The molecule has 0 radical (unpaired) electrons. The van der Waals surface area contributed by atoms with E-state index >= 15 is 0 Å². The lowest BCUT2D eigenvalue weighted by Crippen LogP contribution is -2.22. The molecule has 0 aromatic carbocycles. The number of rotatable bonds is 2. The normalized spacial score (nSPS) is 20.4.